The van der Waals surface area contributed by atoms with Crippen LogP contribution < -0.4 is 0 Å². The van der Waals surface area contributed by atoms with Gasteiger partial charge in [-0.25, -0.2) is 0 Å². The van der Waals surface area contributed by atoms with E-state index in [1.54, 1.807) is 6.08 Å². The molecule has 0 spiro atoms. The second kappa shape index (κ2) is 3.18. The highest BCUT2D eigenvalue weighted by atomic mass is 28.1. The smallest absolute Gasteiger partial charge is 0.0507 e. The number of rotatable bonds is 3. The predicted molar refractivity (Wildman–Crippen MR) is 44.5 cm³/mol. The van der Waals surface area contributed by atoms with Crippen molar-refractivity contribution in [1.82, 2.24) is 0 Å². The monoisotopic (exact) mass is 144 g/mol. The Morgan fingerprint density at radius 3 is 2.33 bits per heavy atom. The van der Waals surface area contributed by atoms with Gasteiger partial charge in [0.25, 0.3) is 0 Å². The lowest BCUT2D eigenvalue weighted by Gasteiger charge is -2.25. The Bertz CT molecular complexity index is 97.1. The molecule has 1 N–H and O–H groups in total. The van der Waals surface area contributed by atoms with Gasteiger partial charge >= 0.3 is 0 Å². The first-order valence-electron chi connectivity index (χ1n) is 3.34. The Morgan fingerprint density at radius 1 is 1.78 bits per heavy atom. The summed E-state index contributed by atoms with van der Waals surface area (Å²) in [6, 6.07) is 0. The third kappa shape index (κ3) is 2.82. The first-order valence-corrected chi connectivity index (χ1v) is 4.34. The summed E-state index contributed by atoms with van der Waals surface area (Å²) in [6.45, 7) is 7.67. The van der Waals surface area contributed by atoms with Crippen LogP contribution in [0.4, 0.5) is 0 Å². The van der Waals surface area contributed by atoms with Crippen molar-refractivity contribution in [3.05, 3.63) is 12.7 Å². The molecule has 0 radical (unpaired) electrons. The van der Waals surface area contributed by atoms with Gasteiger partial charge in [0.15, 0.2) is 0 Å². The van der Waals surface area contributed by atoms with E-state index in [9.17, 15) is 5.11 Å². The van der Waals surface area contributed by atoms with Crippen LogP contribution in [0.15, 0.2) is 12.7 Å². The molecule has 1 unspecified atom stereocenters. The maximum absolute atomic E-state index is 9.58. The molecule has 9 heavy (non-hydrogen) atoms. The molecular formula is C7H16OSi. The molecule has 0 fully saturated rings. The molecule has 1 atom stereocenters. The van der Waals surface area contributed by atoms with Crippen molar-refractivity contribution in [3.8, 4) is 0 Å². The maximum Gasteiger partial charge on any atom is 0.0507 e. The van der Waals surface area contributed by atoms with Gasteiger partial charge in [-0.2, -0.15) is 0 Å². The number of hydrogen-bond acceptors (Lipinski definition) is 1. The van der Waals surface area contributed by atoms with E-state index in [0.29, 0.717) is 5.92 Å². The van der Waals surface area contributed by atoms with Gasteiger partial charge in [0.1, 0.15) is 0 Å². The zero-order valence-corrected chi connectivity index (χ0v) is 8.52. The minimum absolute atomic E-state index is 0.363. The van der Waals surface area contributed by atoms with Gasteiger partial charge < -0.3 is 5.11 Å². The van der Waals surface area contributed by atoms with E-state index < -0.39 is 5.22 Å². The Balaban J connectivity index is 3.84. The van der Waals surface area contributed by atoms with Crippen molar-refractivity contribution in [2.75, 3.05) is 0 Å². The molecular weight excluding hydrogens is 128 g/mol. The molecule has 0 amide bonds. The van der Waals surface area contributed by atoms with Crippen molar-refractivity contribution in [2.24, 2.45) is 5.92 Å². The summed E-state index contributed by atoms with van der Waals surface area (Å²) in [7, 11) is 0.827. The Morgan fingerprint density at radius 2 is 2.22 bits per heavy atom. The predicted octanol–water partition coefficient (Wildman–Crippen LogP) is 0.272. The van der Waals surface area contributed by atoms with Crippen molar-refractivity contribution in [2.45, 2.75) is 25.5 Å². The van der Waals surface area contributed by atoms with Crippen LogP contribution in [-0.2, 0) is 0 Å². The van der Waals surface area contributed by atoms with Gasteiger partial charge in [-0.05, 0) is 12.3 Å². The molecule has 0 rings (SSSR count). The van der Waals surface area contributed by atoms with Gasteiger partial charge in [0.2, 0.25) is 0 Å². The highest BCUT2D eigenvalue weighted by Gasteiger charge is 2.21. The Hall–Kier alpha value is -0.0831. The van der Waals surface area contributed by atoms with Crippen molar-refractivity contribution in [1.29, 1.82) is 0 Å². The molecule has 0 aromatic rings. The highest BCUT2D eigenvalue weighted by molar-refractivity contribution is 6.14. The second-order valence-corrected chi connectivity index (χ2v) is 4.74. The summed E-state index contributed by atoms with van der Waals surface area (Å²) < 4.78 is 0. The van der Waals surface area contributed by atoms with Gasteiger partial charge in [-0.1, -0.05) is 19.9 Å². The van der Waals surface area contributed by atoms with Crippen LogP contribution in [0.2, 0.25) is 0 Å². The molecule has 1 nitrogen and oxygen atoms in total. The second-order valence-electron chi connectivity index (χ2n) is 3.00. The van der Waals surface area contributed by atoms with Crippen LogP contribution in [0.5, 0.6) is 0 Å². The van der Waals surface area contributed by atoms with E-state index in [0.717, 1.165) is 16.7 Å². The van der Waals surface area contributed by atoms with Gasteiger partial charge in [0.05, 0.1) is 5.22 Å². The lowest BCUT2D eigenvalue weighted by molar-refractivity contribution is 0.0820. The van der Waals surface area contributed by atoms with Crippen molar-refractivity contribution < 1.29 is 5.11 Å². The Labute approximate surface area is 60.2 Å². The van der Waals surface area contributed by atoms with E-state index >= 15 is 0 Å². The van der Waals surface area contributed by atoms with Gasteiger partial charge in [-0.3, -0.25) is 0 Å². The molecule has 54 valence electrons. The minimum atomic E-state index is -0.429. The van der Waals surface area contributed by atoms with E-state index in [-0.39, 0.29) is 0 Å². The lowest BCUT2D eigenvalue weighted by Crippen LogP contribution is -2.34. The quantitative estimate of drug-likeness (QED) is 0.445. The molecule has 0 heterocycles. The topological polar surface area (TPSA) is 20.2 Å². The largest absolute Gasteiger partial charge is 0.394 e. The molecule has 0 saturated carbocycles. The number of aliphatic hydroxyl groups is 1. The Kier molecular flexibility index (Phi) is 3.15. The fraction of sp³-hybridized carbons (Fsp3) is 0.714. The highest BCUT2D eigenvalue weighted by Crippen LogP contribution is 2.16. The van der Waals surface area contributed by atoms with Gasteiger partial charge in [-0.15, -0.1) is 6.58 Å². The molecule has 0 aliphatic heterocycles. The van der Waals surface area contributed by atoms with E-state index in [4.69, 9.17) is 0 Å². The average molecular weight is 144 g/mol. The normalized spacial score (nSPS) is 17.8. The van der Waals surface area contributed by atoms with Crippen LogP contribution >= 0.6 is 0 Å². The van der Waals surface area contributed by atoms with Crippen LogP contribution in [0, 0.1) is 5.92 Å². The summed E-state index contributed by atoms with van der Waals surface area (Å²) in [6.07, 6.45) is 2.52. The maximum atomic E-state index is 9.58. The van der Waals surface area contributed by atoms with Crippen LogP contribution in [0.25, 0.3) is 0 Å². The van der Waals surface area contributed by atoms with E-state index in [2.05, 4.69) is 6.58 Å². The summed E-state index contributed by atoms with van der Waals surface area (Å²) in [5.41, 5.74) is 0. The summed E-state index contributed by atoms with van der Waals surface area (Å²) in [5, 5.41) is 9.15. The summed E-state index contributed by atoms with van der Waals surface area (Å²) >= 11 is 0. The average Bonchev–Trinajstić information content (AvgIpc) is 1.65. The third-order valence-electron chi connectivity index (χ3n) is 1.80. The lowest BCUT2D eigenvalue weighted by atomic mass is 10.0. The standard InChI is InChI=1S/C7H16OSi/c1-4-5-7(8,9)6(2)3/h4,6,8H,1,5H2,2-3,9H3. The minimum Gasteiger partial charge on any atom is -0.394 e. The van der Waals surface area contributed by atoms with Crippen LogP contribution in [0.3, 0.4) is 0 Å². The molecule has 0 bridgehead atoms. The summed E-state index contributed by atoms with van der Waals surface area (Å²) in [4.78, 5) is 0. The fourth-order valence-corrected chi connectivity index (χ4v) is 0.817. The SMILES string of the molecule is C=CCC(O)([SiH3])C(C)C. The third-order valence-corrected chi connectivity index (χ3v) is 3.36. The fourth-order valence-electron chi connectivity index (χ4n) is 0.528. The zero-order valence-electron chi connectivity index (χ0n) is 6.52. The van der Waals surface area contributed by atoms with Crippen molar-refractivity contribution >= 4 is 10.2 Å². The van der Waals surface area contributed by atoms with E-state index in [1.807, 2.05) is 13.8 Å². The molecule has 0 aromatic heterocycles. The van der Waals surface area contributed by atoms with Gasteiger partial charge in [0, 0.05) is 10.2 Å². The molecule has 2 heteroatoms. The first-order chi connectivity index (χ1) is 4.00. The number of hydrogen-bond donors (Lipinski definition) is 1. The molecule has 0 aliphatic carbocycles. The molecule has 0 saturated heterocycles. The van der Waals surface area contributed by atoms with Crippen LogP contribution in [0.1, 0.15) is 20.3 Å². The summed E-state index contributed by atoms with van der Waals surface area (Å²) in [5.74, 6) is 0.363. The van der Waals surface area contributed by atoms with Crippen LogP contribution in [-0.4, -0.2) is 20.6 Å². The van der Waals surface area contributed by atoms with E-state index in [1.165, 1.54) is 0 Å². The first kappa shape index (κ1) is 8.92. The molecule has 0 aromatic carbocycles. The molecule has 0 aliphatic rings. The van der Waals surface area contributed by atoms with Crippen molar-refractivity contribution in [3.63, 3.8) is 0 Å². The zero-order chi connectivity index (χ0) is 7.49.